The Morgan fingerprint density at radius 3 is 2.90 bits per heavy atom. The van der Waals surface area contributed by atoms with Gasteiger partial charge in [-0.3, -0.25) is 9.48 Å². The Bertz CT molecular complexity index is 513. The molecule has 0 saturated heterocycles. The maximum absolute atomic E-state index is 12.3. The number of nitrogens with one attached hydrogen (secondary N) is 1. The van der Waals surface area contributed by atoms with E-state index in [0.29, 0.717) is 16.6 Å². The Labute approximate surface area is 124 Å². The van der Waals surface area contributed by atoms with Crippen molar-refractivity contribution >= 4 is 17.5 Å². The highest BCUT2D eigenvalue weighted by Gasteiger charge is 2.42. The molecule has 3 rings (SSSR count). The average molecular weight is 296 g/mol. The monoisotopic (exact) mass is 295 g/mol. The molecule has 1 heterocycles. The van der Waals surface area contributed by atoms with Gasteiger partial charge in [-0.2, -0.15) is 5.10 Å². The molecule has 0 aromatic carbocycles. The summed E-state index contributed by atoms with van der Waals surface area (Å²) in [4.78, 5) is 12.3. The summed E-state index contributed by atoms with van der Waals surface area (Å²) in [5.41, 5.74) is 0.350. The Morgan fingerprint density at radius 2 is 2.35 bits per heavy atom. The fourth-order valence-corrected chi connectivity index (χ4v) is 4.24. The van der Waals surface area contributed by atoms with Gasteiger partial charge in [0.25, 0.3) is 5.91 Å². The molecule has 5 heteroatoms. The number of hydrogen-bond acceptors (Lipinski definition) is 2. The quantitative estimate of drug-likeness (QED) is 0.928. The van der Waals surface area contributed by atoms with Crippen LogP contribution in [-0.2, 0) is 6.54 Å². The highest BCUT2D eigenvalue weighted by molar-refractivity contribution is 6.33. The van der Waals surface area contributed by atoms with Gasteiger partial charge in [0, 0.05) is 18.8 Å². The summed E-state index contributed by atoms with van der Waals surface area (Å²) in [7, 11) is 0. The number of nitrogens with zero attached hydrogens (tertiary/aromatic N) is 2. The standard InChI is InChI=1S/C15H22ClN3O/c1-3-19-8-13(16)14(18-19)15(20)17-9(2)12-7-10-4-5-11(12)6-10/h8-12H,3-7H2,1-2H3,(H,17,20)/t9-,10-,11-,12-/m0/s1. The highest BCUT2D eigenvalue weighted by Crippen LogP contribution is 2.49. The second-order valence-electron chi connectivity index (χ2n) is 6.28. The lowest BCUT2D eigenvalue weighted by Gasteiger charge is -2.28. The molecule has 1 N–H and O–H groups in total. The third kappa shape index (κ3) is 2.46. The van der Waals surface area contributed by atoms with Crippen LogP contribution in [0.25, 0.3) is 0 Å². The van der Waals surface area contributed by atoms with Gasteiger partial charge in [0.1, 0.15) is 0 Å². The van der Waals surface area contributed by atoms with Crippen molar-refractivity contribution in [2.45, 2.75) is 52.1 Å². The van der Waals surface area contributed by atoms with Crippen molar-refractivity contribution in [3.05, 3.63) is 16.9 Å². The van der Waals surface area contributed by atoms with Crippen LogP contribution in [0, 0.1) is 17.8 Å². The molecule has 0 aliphatic heterocycles. The zero-order valence-electron chi connectivity index (χ0n) is 12.1. The first-order valence-electron chi connectivity index (χ1n) is 7.62. The SMILES string of the molecule is CCn1cc(Cl)c(C(=O)N[C@@H](C)[C@@H]2C[C@H]3CC[C@H]2C3)n1. The van der Waals surface area contributed by atoms with E-state index in [-0.39, 0.29) is 11.9 Å². The topological polar surface area (TPSA) is 46.9 Å². The van der Waals surface area contributed by atoms with Gasteiger partial charge in [-0.15, -0.1) is 0 Å². The Hall–Kier alpha value is -1.03. The van der Waals surface area contributed by atoms with E-state index in [1.54, 1.807) is 10.9 Å². The summed E-state index contributed by atoms with van der Waals surface area (Å²) in [6.45, 7) is 4.81. The molecule has 2 aliphatic rings. The molecule has 4 nitrogen and oxygen atoms in total. The summed E-state index contributed by atoms with van der Waals surface area (Å²) in [6.07, 6.45) is 7.05. The predicted octanol–water partition coefficient (Wildman–Crippen LogP) is 3.11. The lowest BCUT2D eigenvalue weighted by Crippen LogP contribution is -2.40. The fourth-order valence-electron chi connectivity index (χ4n) is 4.00. The Kier molecular flexibility index (Phi) is 3.76. The smallest absolute Gasteiger partial charge is 0.273 e. The number of carbonyl (C=O) groups is 1. The van der Waals surface area contributed by atoms with Crippen LogP contribution in [-0.4, -0.2) is 21.7 Å². The molecular formula is C15H22ClN3O. The molecule has 1 amide bonds. The van der Waals surface area contributed by atoms with Gasteiger partial charge in [-0.05, 0) is 50.9 Å². The highest BCUT2D eigenvalue weighted by atomic mass is 35.5. The zero-order chi connectivity index (χ0) is 14.3. The van der Waals surface area contributed by atoms with E-state index in [1.165, 1.54) is 25.7 Å². The minimum Gasteiger partial charge on any atom is -0.348 e. The number of carbonyl (C=O) groups excluding carboxylic acids is 1. The van der Waals surface area contributed by atoms with Gasteiger partial charge in [0.05, 0.1) is 5.02 Å². The van der Waals surface area contributed by atoms with Gasteiger partial charge in [-0.25, -0.2) is 0 Å². The number of amides is 1. The van der Waals surface area contributed by atoms with E-state index < -0.39 is 0 Å². The lowest BCUT2D eigenvalue weighted by atomic mass is 9.84. The van der Waals surface area contributed by atoms with Crippen molar-refractivity contribution in [2.75, 3.05) is 0 Å². The first-order valence-corrected chi connectivity index (χ1v) is 8.00. The summed E-state index contributed by atoms with van der Waals surface area (Å²) in [6, 6.07) is 0.209. The van der Waals surface area contributed by atoms with Gasteiger partial charge < -0.3 is 5.32 Å². The van der Waals surface area contributed by atoms with E-state index in [0.717, 1.165) is 18.4 Å². The molecule has 2 bridgehead atoms. The molecule has 0 unspecified atom stereocenters. The molecule has 0 radical (unpaired) electrons. The van der Waals surface area contributed by atoms with E-state index >= 15 is 0 Å². The largest absolute Gasteiger partial charge is 0.348 e. The van der Waals surface area contributed by atoms with Crippen molar-refractivity contribution in [1.82, 2.24) is 15.1 Å². The molecule has 2 fully saturated rings. The van der Waals surface area contributed by atoms with E-state index in [9.17, 15) is 4.79 Å². The zero-order valence-corrected chi connectivity index (χ0v) is 12.9. The van der Waals surface area contributed by atoms with Gasteiger partial charge in [0.15, 0.2) is 5.69 Å². The third-order valence-electron chi connectivity index (χ3n) is 5.05. The first kappa shape index (κ1) is 13.9. The van der Waals surface area contributed by atoms with Crippen LogP contribution in [0.2, 0.25) is 5.02 Å². The number of rotatable bonds is 4. The minimum atomic E-state index is -0.141. The Morgan fingerprint density at radius 1 is 1.55 bits per heavy atom. The molecule has 1 aromatic rings. The van der Waals surface area contributed by atoms with Gasteiger partial charge >= 0.3 is 0 Å². The van der Waals surface area contributed by atoms with Crippen LogP contribution in [0.3, 0.4) is 0 Å². The van der Waals surface area contributed by atoms with Gasteiger partial charge in [-0.1, -0.05) is 18.0 Å². The number of halogens is 1. The molecule has 110 valence electrons. The molecule has 4 atom stereocenters. The van der Waals surface area contributed by atoms with Crippen LogP contribution >= 0.6 is 11.6 Å². The average Bonchev–Trinajstić information content (AvgIpc) is 3.12. The van der Waals surface area contributed by atoms with Crippen molar-refractivity contribution < 1.29 is 4.79 Å². The molecule has 1 aromatic heterocycles. The van der Waals surface area contributed by atoms with Crippen molar-refractivity contribution in [1.29, 1.82) is 0 Å². The first-order chi connectivity index (χ1) is 9.58. The lowest BCUT2D eigenvalue weighted by molar-refractivity contribution is 0.0909. The maximum atomic E-state index is 12.3. The van der Waals surface area contributed by atoms with Crippen molar-refractivity contribution in [3.8, 4) is 0 Å². The minimum absolute atomic E-state index is 0.141. The number of hydrogen-bond donors (Lipinski definition) is 1. The summed E-state index contributed by atoms with van der Waals surface area (Å²) in [5, 5.41) is 7.77. The summed E-state index contributed by atoms with van der Waals surface area (Å²) in [5.74, 6) is 2.19. The fraction of sp³-hybridized carbons (Fsp3) is 0.733. The van der Waals surface area contributed by atoms with E-state index in [2.05, 4.69) is 17.3 Å². The van der Waals surface area contributed by atoms with Crippen LogP contribution in [0.1, 0.15) is 50.0 Å². The molecular weight excluding hydrogens is 274 g/mol. The van der Waals surface area contributed by atoms with Crippen LogP contribution in [0.5, 0.6) is 0 Å². The number of aryl methyl sites for hydroxylation is 1. The molecule has 0 spiro atoms. The van der Waals surface area contributed by atoms with Crippen molar-refractivity contribution in [3.63, 3.8) is 0 Å². The summed E-state index contributed by atoms with van der Waals surface area (Å²) >= 11 is 6.08. The Balaban J connectivity index is 1.64. The maximum Gasteiger partial charge on any atom is 0.273 e. The van der Waals surface area contributed by atoms with Gasteiger partial charge in [0.2, 0.25) is 0 Å². The molecule has 2 saturated carbocycles. The van der Waals surface area contributed by atoms with E-state index in [1.807, 2.05) is 6.92 Å². The predicted molar refractivity (Wildman–Crippen MR) is 78.8 cm³/mol. The van der Waals surface area contributed by atoms with Crippen LogP contribution in [0.15, 0.2) is 6.20 Å². The van der Waals surface area contributed by atoms with E-state index in [4.69, 9.17) is 11.6 Å². The number of fused-ring (bicyclic) bond motifs is 2. The summed E-state index contributed by atoms with van der Waals surface area (Å²) < 4.78 is 1.69. The van der Waals surface area contributed by atoms with Crippen LogP contribution < -0.4 is 5.32 Å². The third-order valence-corrected chi connectivity index (χ3v) is 5.33. The second-order valence-corrected chi connectivity index (χ2v) is 6.69. The number of aromatic nitrogens is 2. The molecule has 2 aliphatic carbocycles. The molecule has 20 heavy (non-hydrogen) atoms. The normalized spacial score (nSPS) is 29.6. The second kappa shape index (κ2) is 5.40. The van der Waals surface area contributed by atoms with Crippen molar-refractivity contribution in [2.24, 2.45) is 17.8 Å². The van der Waals surface area contributed by atoms with Crippen LogP contribution in [0.4, 0.5) is 0 Å².